The maximum atomic E-state index is 13.9. The molecule has 0 bridgehead atoms. The molecule has 3 N–H and O–H groups in total. The van der Waals surface area contributed by atoms with Gasteiger partial charge in [0, 0.05) is 60.0 Å². The molecule has 1 fully saturated rings. The quantitative estimate of drug-likeness (QED) is 0.178. The van der Waals surface area contributed by atoms with E-state index < -0.39 is 35.9 Å². The van der Waals surface area contributed by atoms with Crippen LogP contribution in [0.3, 0.4) is 0 Å². The lowest BCUT2D eigenvalue weighted by molar-refractivity contribution is -0.153. The molecule has 2 aromatic rings. The molecule has 0 aromatic heterocycles. The predicted molar refractivity (Wildman–Crippen MR) is 173 cm³/mol. The third-order valence-corrected chi connectivity index (χ3v) is 8.92. The zero-order valence-corrected chi connectivity index (χ0v) is 27.6. The molecule has 0 aliphatic carbocycles. The summed E-state index contributed by atoms with van der Waals surface area (Å²) >= 11 is 13.6. The van der Waals surface area contributed by atoms with Crippen molar-refractivity contribution in [3.8, 4) is 0 Å². The van der Waals surface area contributed by atoms with Crippen LogP contribution >= 0.6 is 35.0 Å². The SMILES string of the molecule is CCCC(NCC)OC(=O)C(N)C(CSC)c1cc(C(F)(F)F)ccc1N1CCN(C(=O)CCc2ccc(Cl)cc2Cl)CC1. The molecule has 3 atom stereocenters. The van der Waals surface area contributed by atoms with Crippen LogP contribution in [0.15, 0.2) is 36.4 Å². The van der Waals surface area contributed by atoms with E-state index in [1.165, 1.54) is 17.8 Å². The fraction of sp³-hybridized carbons (Fsp3) is 0.548. The van der Waals surface area contributed by atoms with Gasteiger partial charge in [0.1, 0.15) is 6.04 Å². The van der Waals surface area contributed by atoms with Crippen LogP contribution in [0.25, 0.3) is 0 Å². The van der Waals surface area contributed by atoms with Crippen molar-refractivity contribution in [1.82, 2.24) is 10.2 Å². The highest BCUT2D eigenvalue weighted by molar-refractivity contribution is 7.98. The van der Waals surface area contributed by atoms with E-state index in [4.69, 9.17) is 33.7 Å². The Balaban J connectivity index is 1.80. The second-order valence-electron chi connectivity index (χ2n) is 10.7. The van der Waals surface area contributed by atoms with Crippen molar-refractivity contribution in [2.45, 2.75) is 63.9 Å². The lowest BCUT2D eigenvalue weighted by atomic mass is 9.90. The molecule has 1 aliphatic rings. The van der Waals surface area contributed by atoms with E-state index in [9.17, 15) is 22.8 Å². The summed E-state index contributed by atoms with van der Waals surface area (Å²) in [7, 11) is 0. The van der Waals surface area contributed by atoms with Gasteiger partial charge in [-0.3, -0.25) is 14.9 Å². The number of thioether (sulfide) groups is 1. The number of rotatable bonds is 14. The zero-order valence-electron chi connectivity index (χ0n) is 25.3. The number of halogens is 5. The van der Waals surface area contributed by atoms with Crippen LogP contribution in [0, 0.1) is 0 Å². The molecular formula is C31H41Cl2F3N4O3S. The molecule has 1 aliphatic heterocycles. The van der Waals surface area contributed by atoms with Crippen LogP contribution in [0.1, 0.15) is 55.7 Å². The van der Waals surface area contributed by atoms with E-state index >= 15 is 0 Å². The maximum absolute atomic E-state index is 13.9. The molecule has 7 nitrogen and oxygen atoms in total. The first-order valence-electron chi connectivity index (χ1n) is 14.8. The molecule has 13 heteroatoms. The number of piperazine rings is 1. The number of esters is 1. The molecule has 0 radical (unpaired) electrons. The van der Waals surface area contributed by atoms with Gasteiger partial charge in [0.05, 0.1) is 5.56 Å². The van der Waals surface area contributed by atoms with Gasteiger partial charge in [-0.15, -0.1) is 0 Å². The number of anilines is 1. The largest absolute Gasteiger partial charge is 0.445 e. The topological polar surface area (TPSA) is 87.9 Å². The van der Waals surface area contributed by atoms with E-state index in [1.54, 1.807) is 23.1 Å². The Labute approximate surface area is 271 Å². The average Bonchev–Trinajstić information content (AvgIpc) is 2.98. The lowest BCUT2D eigenvalue weighted by Crippen LogP contribution is -2.49. The number of nitrogens with zero attached hydrogens (tertiary/aromatic N) is 2. The van der Waals surface area contributed by atoms with Crippen LogP contribution in [-0.2, 0) is 26.9 Å². The average molecular weight is 678 g/mol. The molecule has 2 aromatic carbocycles. The number of carbonyl (C=O) groups excluding carboxylic acids is 2. The van der Waals surface area contributed by atoms with Crippen LogP contribution in [-0.4, -0.2) is 73.8 Å². The molecule has 244 valence electrons. The number of amides is 1. The number of nitrogens with two attached hydrogens (primary N) is 1. The van der Waals surface area contributed by atoms with Gasteiger partial charge in [-0.1, -0.05) is 49.5 Å². The van der Waals surface area contributed by atoms with Crippen molar-refractivity contribution < 1.29 is 27.5 Å². The molecular weight excluding hydrogens is 636 g/mol. The third kappa shape index (κ3) is 9.91. The number of aryl methyl sites for hydroxylation is 1. The van der Waals surface area contributed by atoms with Gasteiger partial charge >= 0.3 is 12.1 Å². The first-order chi connectivity index (χ1) is 20.9. The van der Waals surface area contributed by atoms with Crippen LogP contribution in [0.5, 0.6) is 0 Å². The van der Waals surface area contributed by atoms with E-state index in [1.807, 2.05) is 25.0 Å². The zero-order chi connectivity index (χ0) is 32.4. The van der Waals surface area contributed by atoms with Gasteiger partial charge in [-0.25, -0.2) is 0 Å². The summed E-state index contributed by atoms with van der Waals surface area (Å²) in [6.07, 6.45) is -1.18. The Morgan fingerprint density at radius 1 is 1.09 bits per heavy atom. The standard InChI is InChI=1S/C31H41Cl2F3N4O3S/c1-4-6-27(38-5-2)43-30(42)29(37)24(19-44-3)23-17-21(31(34,35)36)9-11-26(23)39-13-15-40(16-14-39)28(41)12-8-20-7-10-22(32)18-25(20)33/h7,9-11,17-18,24,27,29,38H,4-6,8,12-16,19,37H2,1-3H3. The second-order valence-corrected chi connectivity index (χ2v) is 12.5. The summed E-state index contributed by atoms with van der Waals surface area (Å²) in [6.45, 7) is 6.07. The van der Waals surface area contributed by atoms with Gasteiger partial charge in [0.25, 0.3) is 0 Å². The van der Waals surface area contributed by atoms with Crippen molar-refractivity contribution >= 4 is 52.5 Å². The smallest absolute Gasteiger partial charge is 0.416 e. The molecule has 0 saturated carbocycles. The normalized spacial score (nSPS) is 16.0. The predicted octanol–water partition coefficient (Wildman–Crippen LogP) is 6.35. The summed E-state index contributed by atoms with van der Waals surface area (Å²) < 4.78 is 47.2. The second kappa shape index (κ2) is 16.9. The van der Waals surface area contributed by atoms with Crippen LogP contribution in [0.2, 0.25) is 10.0 Å². The number of alkyl halides is 3. The summed E-state index contributed by atoms with van der Waals surface area (Å²) in [6, 6.07) is 7.60. The highest BCUT2D eigenvalue weighted by atomic mass is 35.5. The summed E-state index contributed by atoms with van der Waals surface area (Å²) in [5.74, 6) is -1.11. The fourth-order valence-corrected chi connectivity index (χ4v) is 6.53. The van der Waals surface area contributed by atoms with E-state index in [-0.39, 0.29) is 12.3 Å². The number of ether oxygens (including phenoxy) is 1. The molecule has 1 heterocycles. The van der Waals surface area contributed by atoms with Gasteiger partial charge < -0.3 is 20.3 Å². The van der Waals surface area contributed by atoms with Crippen LogP contribution in [0.4, 0.5) is 18.9 Å². The van der Waals surface area contributed by atoms with Crippen molar-refractivity contribution in [2.75, 3.05) is 49.6 Å². The Bertz CT molecular complexity index is 1260. The number of hydrogen-bond acceptors (Lipinski definition) is 7. The minimum absolute atomic E-state index is 0.0318. The minimum Gasteiger partial charge on any atom is -0.445 e. The third-order valence-electron chi connectivity index (χ3n) is 7.64. The van der Waals surface area contributed by atoms with Crippen molar-refractivity contribution in [1.29, 1.82) is 0 Å². The van der Waals surface area contributed by atoms with Crippen molar-refractivity contribution in [2.24, 2.45) is 5.73 Å². The molecule has 0 spiro atoms. The van der Waals surface area contributed by atoms with Crippen LogP contribution < -0.4 is 16.0 Å². The summed E-state index contributed by atoms with van der Waals surface area (Å²) in [4.78, 5) is 29.9. The van der Waals surface area contributed by atoms with Gasteiger partial charge in [-0.2, -0.15) is 24.9 Å². The molecule has 44 heavy (non-hydrogen) atoms. The van der Waals surface area contributed by atoms with Gasteiger partial charge in [0.15, 0.2) is 6.23 Å². The first-order valence-corrected chi connectivity index (χ1v) is 16.9. The van der Waals surface area contributed by atoms with Gasteiger partial charge in [0.2, 0.25) is 5.91 Å². The highest BCUT2D eigenvalue weighted by Gasteiger charge is 2.36. The Kier molecular flexibility index (Phi) is 14.0. The van der Waals surface area contributed by atoms with E-state index in [0.29, 0.717) is 72.6 Å². The summed E-state index contributed by atoms with van der Waals surface area (Å²) in [5.41, 5.74) is 7.38. The monoisotopic (exact) mass is 676 g/mol. The number of nitrogens with one attached hydrogen (secondary N) is 1. The Hall–Kier alpha value is -2.18. The maximum Gasteiger partial charge on any atom is 0.416 e. The number of carbonyl (C=O) groups is 2. The molecule has 3 unspecified atom stereocenters. The molecule has 1 saturated heterocycles. The molecule has 3 rings (SSSR count). The summed E-state index contributed by atoms with van der Waals surface area (Å²) in [5, 5.41) is 4.14. The first kappa shape index (κ1) is 36.3. The number of benzene rings is 2. The number of hydrogen-bond donors (Lipinski definition) is 2. The fourth-order valence-electron chi connectivity index (χ4n) is 5.28. The lowest BCUT2D eigenvalue weighted by Gasteiger charge is -2.38. The Morgan fingerprint density at radius 3 is 2.39 bits per heavy atom. The van der Waals surface area contributed by atoms with Crippen molar-refractivity contribution in [3.05, 3.63) is 63.1 Å². The van der Waals surface area contributed by atoms with E-state index in [2.05, 4.69) is 5.32 Å². The van der Waals surface area contributed by atoms with Crippen molar-refractivity contribution in [3.63, 3.8) is 0 Å². The molecule has 1 amide bonds. The van der Waals surface area contributed by atoms with E-state index in [0.717, 1.165) is 24.1 Å². The van der Waals surface area contributed by atoms with Gasteiger partial charge in [-0.05, 0) is 67.1 Å². The minimum atomic E-state index is -4.57. The highest BCUT2D eigenvalue weighted by Crippen LogP contribution is 2.38. The Morgan fingerprint density at radius 2 is 1.80 bits per heavy atom.